The summed E-state index contributed by atoms with van der Waals surface area (Å²) in [5, 5.41) is 0. The third-order valence-corrected chi connectivity index (χ3v) is 3.53. The highest BCUT2D eigenvalue weighted by atomic mass is 16.6. The van der Waals surface area contributed by atoms with Crippen molar-refractivity contribution in [3.05, 3.63) is 0 Å². The van der Waals surface area contributed by atoms with Crippen LogP contribution in [0.25, 0.3) is 0 Å². The Labute approximate surface area is 142 Å². The van der Waals surface area contributed by atoms with Crippen molar-refractivity contribution < 1.29 is 19.1 Å². The van der Waals surface area contributed by atoms with Crippen LogP contribution in [0.4, 0.5) is 0 Å². The van der Waals surface area contributed by atoms with Gasteiger partial charge in [-0.3, -0.25) is 0 Å². The molecule has 0 saturated heterocycles. The van der Waals surface area contributed by atoms with Crippen molar-refractivity contribution in [1.82, 2.24) is 0 Å². The van der Waals surface area contributed by atoms with Gasteiger partial charge in [0.1, 0.15) is 0 Å². The fourth-order valence-electron chi connectivity index (χ4n) is 2.15. The van der Waals surface area contributed by atoms with Gasteiger partial charge in [0.25, 0.3) is 0 Å². The van der Waals surface area contributed by atoms with Crippen LogP contribution in [0.3, 0.4) is 0 Å². The van der Waals surface area contributed by atoms with Crippen molar-refractivity contribution in [3.63, 3.8) is 0 Å². The minimum absolute atomic E-state index is 0.146. The Morgan fingerprint density at radius 3 is 1.61 bits per heavy atom. The Morgan fingerprint density at radius 1 is 0.696 bits per heavy atom. The Balaban J connectivity index is 3.40. The molecule has 0 aliphatic carbocycles. The predicted octanol–water partition coefficient (Wildman–Crippen LogP) is 5.04. The fourth-order valence-corrected chi connectivity index (χ4v) is 2.15. The molecule has 136 valence electrons. The third-order valence-electron chi connectivity index (χ3n) is 3.53. The van der Waals surface area contributed by atoms with Gasteiger partial charge in [-0.25, -0.2) is 9.59 Å². The standard InChI is InChI=1S/C19H36O4/c1-5-6-7-8-9-10-11-12-13-14-15-22-17(20)18(21)23-16-19(2,3)4/h5-16H2,1-4H3. The lowest BCUT2D eigenvalue weighted by Gasteiger charge is -2.17. The molecule has 0 heterocycles. The minimum atomic E-state index is -0.882. The van der Waals surface area contributed by atoms with Crippen LogP contribution in [-0.2, 0) is 19.1 Å². The average Bonchev–Trinajstić information content (AvgIpc) is 2.49. The zero-order chi connectivity index (χ0) is 17.6. The summed E-state index contributed by atoms with van der Waals surface area (Å²) in [6, 6.07) is 0. The van der Waals surface area contributed by atoms with E-state index in [0.29, 0.717) is 6.61 Å². The molecule has 0 aromatic rings. The third kappa shape index (κ3) is 15.6. The van der Waals surface area contributed by atoms with Crippen molar-refractivity contribution in [1.29, 1.82) is 0 Å². The molecule has 0 spiro atoms. The van der Waals surface area contributed by atoms with Gasteiger partial charge in [0.05, 0.1) is 13.2 Å². The Bertz CT molecular complexity index is 318. The molecule has 0 saturated carbocycles. The van der Waals surface area contributed by atoms with Gasteiger partial charge < -0.3 is 9.47 Å². The SMILES string of the molecule is CCCCCCCCCCCCOC(=O)C(=O)OCC(C)(C)C. The lowest BCUT2D eigenvalue weighted by molar-refractivity contribution is -0.169. The normalized spacial score (nSPS) is 11.3. The highest BCUT2D eigenvalue weighted by molar-refractivity contribution is 6.29. The number of rotatable bonds is 12. The molecule has 0 radical (unpaired) electrons. The monoisotopic (exact) mass is 328 g/mol. The Morgan fingerprint density at radius 2 is 1.13 bits per heavy atom. The molecule has 0 atom stereocenters. The fraction of sp³-hybridized carbons (Fsp3) is 0.895. The second kappa shape index (κ2) is 13.4. The zero-order valence-corrected chi connectivity index (χ0v) is 15.6. The zero-order valence-electron chi connectivity index (χ0n) is 15.6. The summed E-state index contributed by atoms with van der Waals surface area (Å²) < 4.78 is 9.83. The van der Waals surface area contributed by atoms with Gasteiger partial charge in [-0.05, 0) is 11.8 Å². The number of hydrogen-bond donors (Lipinski definition) is 0. The van der Waals surface area contributed by atoms with E-state index in [9.17, 15) is 9.59 Å². The van der Waals surface area contributed by atoms with Gasteiger partial charge in [0.2, 0.25) is 0 Å². The van der Waals surface area contributed by atoms with Crippen molar-refractivity contribution in [3.8, 4) is 0 Å². The van der Waals surface area contributed by atoms with E-state index in [1.165, 1.54) is 51.4 Å². The van der Waals surface area contributed by atoms with Gasteiger partial charge in [-0.1, -0.05) is 85.5 Å². The molecule has 0 aliphatic heterocycles. The van der Waals surface area contributed by atoms with Gasteiger partial charge in [-0.2, -0.15) is 0 Å². The largest absolute Gasteiger partial charge is 0.457 e. The topological polar surface area (TPSA) is 52.6 Å². The molecule has 0 aromatic carbocycles. The molecule has 0 N–H and O–H groups in total. The van der Waals surface area contributed by atoms with E-state index in [2.05, 4.69) is 6.92 Å². The van der Waals surface area contributed by atoms with E-state index in [-0.39, 0.29) is 12.0 Å². The number of ether oxygens (including phenoxy) is 2. The summed E-state index contributed by atoms with van der Waals surface area (Å²) in [5.74, 6) is -1.75. The highest BCUT2D eigenvalue weighted by Gasteiger charge is 2.20. The molecule has 0 fully saturated rings. The molecule has 0 aromatic heterocycles. The summed E-state index contributed by atoms with van der Waals surface area (Å²) in [6.45, 7) is 8.58. The van der Waals surface area contributed by atoms with Crippen LogP contribution in [-0.4, -0.2) is 25.2 Å². The van der Waals surface area contributed by atoms with Crippen molar-refractivity contribution in [2.24, 2.45) is 5.41 Å². The molecule has 4 nitrogen and oxygen atoms in total. The van der Waals surface area contributed by atoms with Gasteiger partial charge in [-0.15, -0.1) is 0 Å². The second-order valence-corrected chi connectivity index (χ2v) is 7.45. The van der Waals surface area contributed by atoms with Gasteiger partial charge >= 0.3 is 11.9 Å². The molecular weight excluding hydrogens is 292 g/mol. The van der Waals surface area contributed by atoms with Crippen LogP contribution in [0, 0.1) is 5.41 Å². The first-order chi connectivity index (χ1) is 10.9. The first-order valence-electron chi connectivity index (χ1n) is 9.20. The predicted molar refractivity (Wildman–Crippen MR) is 93.2 cm³/mol. The molecule has 0 aliphatic rings. The molecule has 4 heteroatoms. The van der Waals surface area contributed by atoms with E-state index in [4.69, 9.17) is 9.47 Å². The van der Waals surface area contributed by atoms with E-state index in [1.54, 1.807) is 0 Å². The lowest BCUT2D eigenvalue weighted by atomic mass is 9.99. The molecule has 0 bridgehead atoms. The first kappa shape index (κ1) is 21.9. The highest BCUT2D eigenvalue weighted by Crippen LogP contribution is 2.13. The van der Waals surface area contributed by atoms with Crippen LogP contribution in [0.5, 0.6) is 0 Å². The molecule has 0 unspecified atom stereocenters. The molecule has 23 heavy (non-hydrogen) atoms. The maximum Gasteiger partial charge on any atom is 0.417 e. The van der Waals surface area contributed by atoms with Crippen LogP contribution in [0.1, 0.15) is 91.9 Å². The van der Waals surface area contributed by atoms with Gasteiger partial charge in [0.15, 0.2) is 0 Å². The quantitative estimate of drug-likeness (QED) is 0.286. The number of esters is 2. The molecule has 0 amide bonds. The number of carbonyl (C=O) groups excluding carboxylic acids is 2. The van der Waals surface area contributed by atoms with E-state index in [1.807, 2.05) is 20.8 Å². The maximum atomic E-state index is 11.4. The lowest BCUT2D eigenvalue weighted by Crippen LogP contribution is -2.25. The van der Waals surface area contributed by atoms with Crippen LogP contribution < -0.4 is 0 Å². The molecule has 0 rings (SSSR count). The van der Waals surface area contributed by atoms with E-state index in [0.717, 1.165) is 12.8 Å². The second-order valence-electron chi connectivity index (χ2n) is 7.45. The minimum Gasteiger partial charge on any atom is -0.457 e. The summed E-state index contributed by atoms with van der Waals surface area (Å²) in [5.41, 5.74) is -0.146. The average molecular weight is 328 g/mol. The van der Waals surface area contributed by atoms with Crippen LogP contribution in [0.15, 0.2) is 0 Å². The first-order valence-corrected chi connectivity index (χ1v) is 9.20. The number of carbonyl (C=O) groups is 2. The van der Waals surface area contributed by atoms with Crippen molar-refractivity contribution in [2.75, 3.05) is 13.2 Å². The number of unbranched alkanes of at least 4 members (excludes halogenated alkanes) is 9. The maximum absolute atomic E-state index is 11.4. The van der Waals surface area contributed by atoms with Gasteiger partial charge in [0, 0.05) is 0 Å². The summed E-state index contributed by atoms with van der Waals surface area (Å²) in [4.78, 5) is 22.8. The van der Waals surface area contributed by atoms with Crippen LogP contribution >= 0.6 is 0 Å². The summed E-state index contributed by atoms with van der Waals surface area (Å²) >= 11 is 0. The number of hydrogen-bond acceptors (Lipinski definition) is 4. The Kier molecular flexibility index (Phi) is 12.8. The Hall–Kier alpha value is -1.06. The van der Waals surface area contributed by atoms with Crippen LogP contribution in [0.2, 0.25) is 0 Å². The summed E-state index contributed by atoms with van der Waals surface area (Å²) in [6.07, 6.45) is 12.2. The van der Waals surface area contributed by atoms with E-state index >= 15 is 0 Å². The van der Waals surface area contributed by atoms with Crippen molar-refractivity contribution >= 4 is 11.9 Å². The molecular formula is C19H36O4. The summed E-state index contributed by atoms with van der Waals surface area (Å²) in [7, 11) is 0. The van der Waals surface area contributed by atoms with E-state index < -0.39 is 11.9 Å². The smallest absolute Gasteiger partial charge is 0.417 e. The van der Waals surface area contributed by atoms with Crippen molar-refractivity contribution in [2.45, 2.75) is 91.9 Å².